The van der Waals surface area contributed by atoms with Crippen molar-refractivity contribution in [1.82, 2.24) is 24.3 Å². The van der Waals surface area contributed by atoms with Gasteiger partial charge in [-0.15, -0.1) is 0 Å². The maximum atomic E-state index is 13.6. The standard InChI is InChI=1S/C25H20F3N5O3/c26-25(27,28)15-4-5-19-17(11-15)18-12-20-23(35)32(9-8-31-7-6-29-13-31)24(36)33(20)22(21(18)30-19)14-2-1-3-16(34)10-14/h1-7,10-11,13,20,22,30,34H,8-9,12H2. The third-order valence-corrected chi connectivity index (χ3v) is 6.88. The number of nitrogens with one attached hydrogen (secondary N) is 1. The smallest absolute Gasteiger partial charge is 0.416 e. The van der Waals surface area contributed by atoms with E-state index >= 15 is 0 Å². The van der Waals surface area contributed by atoms with Crippen LogP contribution in [0.15, 0.2) is 61.2 Å². The molecule has 2 aliphatic heterocycles. The molecule has 0 bridgehead atoms. The molecule has 0 aliphatic carbocycles. The molecule has 1 saturated heterocycles. The summed E-state index contributed by atoms with van der Waals surface area (Å²) in [4.78, 5) is 36.8. The number of fused-ring (bicyclic) bond motifs is 4. The molecule has 4 heterocycles. The van der Waals surface area contributed by atoms with Crippen LogP contribution in [0.2, 0.25) is 0 Å². The predicted molar refractivity (Wildman–Crippen MR) is 122 cm³/mol. The van der Waals surface area contributed by atoms with E-state index in [1.807, 2.05) is 0 Å². The number of imidazole rings is 1. The van der Waals surface area contributed by atoms with Crippen molar-refractivity contribution in [1.29, 1.82) is 0 Å². The zero-order valence-corrected chi connectivity index (χ0v) is 18.7. The van der Waals surface area contributed by atoms with E-state index in [0.717, 1.165) is 12.1 Å². The van der Waals surface area contributed by atoms with Gasteiger partial charge < -0.3 is 14.7 Å². The molecule has 4 aromatic rings. The minimum Gasteiger partial charge on any atom is -0.508 e. The number of carbonyl (C=O) groups is 2. The Morgan fingerprint density at radius 2 is 1.94 bits per heavy atom. The number of H-pyrrole nitrogens is 1. The maximum Gasteiger partial charge on any atom is 0.416 e. The molecule has 0 spiro atoms. The number of amides is 3. The number of alkyl halides is 3. The number of urea groups is 1. The lowest BCUT2D eigenvalue weighted by molar-refractivity contribution is -0.137. The van der Waals surface area contributed by atoms with E-state index in [9.17, 15) is 27.9 Å². The quantitative estimate of drug-likeness (QED) is 0.418. The minimum absolute atomic E-state index is 0.0263. The van der Waals surface area contributed by atoms with Gasteiger partial charge in [-0.3, -0.25) is 14.6 Å². The fourth-order valence-corrected chi connectivity index (χ4v) is 5.23. The van der Waals surface area contributed by atoms with E-state index in [1.165, 1.54) is 28.0 Å². The van der Waals surface area contributed by atoms with Crippen molar-refractivity contribution in [2.75, 3.05) is 6.54 Å². The maximum absolute atomic E-state index is 13.6. The molecule has 2 aliphatic rings. The van der Waals surface area contributed by atoms with Gasteiger partial charge in [-0.05, 0) is 41.5 Å². The summed E-state index contributed by atoms with van der Waals surface area (Å²) < 4.78 is 42.1. The van der Waals surface area contributed by atoms with Crippen LogP contribution < -0.4 is 0 Å². The van der Waals surface area contributed by atoms with Gasteiger partial charge in [-0.1, -0.05) is 12.1 Å². The Morgan fingerprint density at radius 1 is 1.11 bits per heavy atom. The van der Waals surface area contributed by atoms with Gasteiger partial charge >= 0.3 is 12.2 Å². The van der Waals surface area contributed by atoms with Crippen LogP contribution in [-0.4, -0.2) is 54.0 Å². The third-order valence-electron chi connectivity index (χ3n) is 6.88. The number of aromatic hydroxyl groups is 1. The van der Waals surface area contributed by atoms with Gasteiger partial charge in [0.1, 0.15) is 17.8 Å². The van der Waals surface area contributed by atoms with Crippen molar-refractivity contribution in [3.63, 3.8) is 0 Å². The van der Waals surface area contributed by atoms with Crippen LogP contribution in [0.25, 0.3) is 10.9 Å². The topological polar surface area (TPSA) is 94.5 Å². The number of nitrogens with zero attached hydrogens (tertiary/aromatic N) is 4. The van der Waals surface area contributed by atoms with Crippen molar-refractivity contribution in [3.8, 4) is 5.75 Å². The van der Waals surface area contributed by atoms with E-state index in [2.05, 4.69) is 9.97 Å². The van der Waals surface area contributed by atoms with Crippen LogP contribution >= 0.6 is 0 Å². The minimum atomic E-state index is -4.52. The summed E-state index contributed by atoms with van der Waals surface area (Å²) in [5.41, 5.74) is 1.33. The van der Waals surface area contributed by atoms with Crippen molar-refractivity contribution in [2.45, 2.75) is 31.2 Å². The van der Waals surface area contributed by atoms with Crippen LogP contribution in [0, 0.1) is 0 Å². The molecule has 0 radical (unpaired) electrons. The Balaban J connectivity index is 1.47. The SMILES string of the molecule is O=C1C2Cc3c([nH]c4ccc(C(F)(F)F)cc34)C(c3cccc(O)c3)N2C(=O)N1CCn1ccnc1. The largest absolute Gasteiger partial charge is 0.508 e. The Kier molecular flexibility index (Phi) is 4.85. The summed E-state index contributed by atoms with van der Waals surface area (Å²) in [6.45, 7) is 0.485. The molecule has 3 amide bonds. The number of benzene rings is 2. The Labute approximate surface area is 202 Å². The number of hydrogen-bond donors (Lipinski definition) is 2. The number of aromatic nitrogens is 3. The monoisotopic (exact) mass is 495 g/mol. The highest BCUT2D eigenvalue weighted by Crippen LogP contribution is 2.45. The Morgan fingerprint density at radius 3 is 2.67 bits per heavy atom. The second-order valence-corrected chi connectivity index (χ2v) is 8.97. The molecule has 0 saturated carbocycles. The van der Waals surface area contributed by atoms with E-state index < -0.39 is 35.8 Å². The number of hydrogen-bond acceptors (Lipinski definition) is 4. The van der Waals surface area contributed by atoms with Crippen molar-refractivity contribution >= 4 is 22.8 Å². The number of phenols is 1. The van der Waals surface area contributed by atoms with Crippen molar-refractivity contribution in [3.05, 3.63) is 83.6 Å². The van der Waals surface area contributed by atoms with Gasteiger partial charge in [0.25, 0.3) is 5.91 Å². The molecule has 36 heavy (non-hydrogen) atoms. The zero-order valence-electron chi connectivity index (χ0n) is 18.7. The lowest BCUT2D eigenvalue weighted by Crippen LogP contribution is -2.44. The number of halogens is 3. The van der Waals surface area contributed by atoms with Gasteiger partial charge in [0, 0.05) is 48.5 Å². The molecule has 184 valence electrons. The lowest BCUT2D eigenvalue weighted by Gasteiger charge is -2.36. The lowest BCUT2D eigenvalue weighted by atomic mass is 9.88. The Hall–Kier alpha value is -4.28. The summed E-state index contributed by atoms with van der Waals surface area (Å²) >= 11 is 0. The third kappa shape index (κ3) is 3.42. The number of imide groups is 1. The first-order valence-corrected chi connectivity index (χ1v) is 11.3. The number of rotatable bonds is 4. The summed E-state index contributed by atoms with van der Waals surface area (Å²) in [6, 6.07) is 7.61. The molecule has 2 aromatic carbocycles. The van der Waals surface area contributed by atoms with Gasteiger partial charge in [-0.2, -0.15) is 13.2 Å². The number of aromatic amines is 1. The summed E-state index contributed by atoms with van der Waals surface area (Å²) in [7, 11) is 0. The molecule has 6 rings (SSSR count). The van der Waals surface area contributed by atoms with Gasteiger partial charge in [0.15, 0.2) is 0 Å². The second kappa shape index (κ2) is 7.87. The zero-order chi connectivity index (χ0) is 25.2. The Bertz CT molecular complexity index is 1490. The normalized spacial score (nSPS) is 19.8. The van der Waals surface area contributed by atoms with Gasteiger partial charge in [-0.25, -0.2) is 9.78 Å². The second-order valence-electron chi connectivity index (χ2n) is 8.97. The fraction of sp³-hybridized carbons (Fsp3) is 0.240. The van der Waals surface area contributed by atoms with Crippen LogP contribution in [-0.2, 0) is 23.9 Å². The highest BCUT2D eigenvalue weighted by atomic mass is 19.4. The number of phenolic OH excluding ortho intramolecular Hbond substituents is 1. The van der Waals surface area contributed by atoms with Gasteiger partial charge in [0.2, 0.25) is 0 Å². The molecule has 2 aromatic heterocycles. The molecule has 11 heteroatoms. The highest BCUT2D eigenvalue weighted by molar-refractivity contribution is 6.05. The summed E-state index contributed by atoms with van der Waals surface area (Å²) in [5, 5.41) is 10.5. The van der Waals surface area contributed by atoms with Crippen LogP contribution in [0.5, 0.6) is 5.75 Å². The van der Waals surface area contributed by atoms with Gasteiger partial charge in [0.05, 0.1) is 11.9 Å². The number of carbonyl (C=O) groups excluding carboxylic acids is 2. The molecule has 1 fully saturated rings. The molecule has 2 atom stereocenters. The average Bonchev–Trinajstić information content (AvgIpc) is 3.54. The molecule has 2 unspecified atom stereocenters. The van der Waals surface area contributed by atoms with E-state index in [4.69, 9.17) is 0 Å². The average molecular weight is 495 g/mol. The highest BCUT2D eigenvalue weighted by Gasteiger charge is 2.52. The first-order valence-electron chi connectivity index (χ1n) is 11.3. The first kappa shape index (κ1) is 22.2. The molecule has 2 N–H and O–H groups in total. The van der Waals surface area contributed by atoms with E-state index in [1.54, 1.807) is 35.4 Å². The molecular formula is C25H20F3N5O3. The van der Waals surface area contributed by atoms with Crippen LogP contribution in [0.3, 0.4) is 0 Å². The fourth-order valence-electron chi connectivity index (χ4n) is 5.23. The van der Waals surface area contributed by atoms with Crippen LogP contribution in [0.4, 0.5) is 18.0 Å². The molecular weight excluding hydrogens is 475 g/mol. The predicted octanol–water partition coefficient (Wildman–Crippen LogP) is 4.07. The summed E-state index contributed by atoms with van der Waals surface area (Å²) in [6.07, 6.45) is 0.471. The van der Waals surface area contributed by atoms with E-state index in [0.29, 0.717) is 34.3 Å². The first-order chi connectivity index (χ1) is 17.2. The van der Waals surface area contributed by atoms with Crippen LogP contribution in [0.1, 0.15) is 28.4 Å². The summed E-state index contributed by atoms with van der Waals surface area (Å²) in [5.74, 6) is -0.432. The molecule has 8 nitrogen and oxygen atoms in total. The van der Waals surface area contributed by atoms with Crippen molar-refractivity contribution < 1.29 is 27.9 Å². The van der Waals surface area contributed by atoms with Crippen molar-refractivity contribution in [2.24, 2.45) is 0 Å². The van der Waals surface area contributed by atoms with E-state index in [-0.39, 0.29) is 18.7 Å².